The maximum absolute atomic E-state index is 12.3. The van der Waals surface area contributed by atoms with E-state index in [1.54, 1.807) is 6.08 Å². The lowest BCUT2D eigenvalue weighted by Crippen LogP contribution is -2.70. The van der Waals surface area contributed by atoms with Crippen molar-refractivity contribution in [2.24, 2.45) is 5.92 Å². The Morgan fingerprint density at radius 3 is 2.31 bits per heavy atom. The van der Waals surface area contributed by atoms with Crippen LogP contribution in [-0.4, -0.2) is 149 Å². The molecule has 9 saturated heterocycles. The van der Waals surface area contributed by atoms with E-state index in [1.807, 2.05) is 13.8 Å². The molecule has 23 atom stereocenters. The molecule has 0 aromatic heterocycles. The normalized spacial score (nSPS) is 56.9. The lowest BCUT2D eigenvalue weighted by Gasteiger charge is -2.60. The van der Waals surface area contributed by atoms with Crippen LogP contribution in [0.4, 0.5) is 0 Å². The average molecular weight is 895 g/mol. The third-order valence-electron chi connectivity index (χ3n) is 17.8. The first kappa shape index (κ1) is 44.4. The van der Waals surface area contributed by atoms with Crippen LogP contribution in [0.1, 0.15) is 126 Å². The highest BCUT2D eigenvalue weighted by molar-refractivity contribution is 5.84. The van der Waals surface area contributed by atoms with E-state index in [0.29, 0.717) is 63.4 Å². The molecular formula is C50H70O14. The van der Waals surface area contributed by atoms with Crippen LogP contribution in [0.25, 0.3) is 0 Å². The molecule has 0 aliphatic carbocycles. The first-order valence-corrected chi connectivity index (χ1v) is 24.4. The number of esters is 1. The molecule has 11 rings (SSSR count). The van der Waals surface area contributed by atoms with Crippen LogP contribution in [0.15, 0.2) is 36.0 Å². The molecule has 14 heteroatoms. The van der Waals surface area contributed by atoms with Crippen LogP contribution in [0.5, 0.6) is 0 Å². The van der Waals surface area contributed by atoms with Crippen LogP contribution in [0, 0.1) is 5.92 Å². The number of aliphatic hydroxyl groups is 1. The summed E-state index contributed by atoms with van der Waals surface area (Å²) in [4.78, 5) is 23.6. The average Bonchev–Trinajstić information content (AvgIpc) is 3.43. The molecule has 0 amide bonds. The van der Waals surface area contributed by atoms with Gasteiger partial charge in [0, 0.05) is 57.4 Å². The van der Waals surface area contributed by atoms with Crippen LogP contribution in [0.3, 0.4) is 0 Å². The maximum atomic E-state index is 12.3. The minimum Gasteiger partial charge on any atom is -0.456 e. The molecule has 9 fully saturated rings. The summed E-state index contributed by atoms with van der Waals surface area (Å²) in [6.45, 7) is 18.7. The summed E-state index contributed by atoms with van der Waals surface area (Å²) in [5.74, 6) is -0.146. The highest BCUT2D eigenvalue weighted by Gasteiger charge is 2.64. The van der Waals surface area contributed by atoms with Gasteiger partial charge < -0.3 is 57.2 Å². The molecule has 11 aliphatic rings. The number of aldehydes is 1. The topological polar surface area (TPSA) is 156 Å². The summed E-state index contributed by atoms with van der Waals surface area (Å²) in [5.41, 5.74) is -1.96. The Morgan fingerprint density at radius 1 is 0.734 bits per heavy atom. The number of hydrogen-bond acceptors (Lipinski definition) is 14. The summed E-state index contributed by atoms with van der Waals surface area (Å²) in [7, 11) is 0. The number of hydrogen-bond donors (Lipinski definition) is 1. The van der Waals surface area contributed by atoms with E-state index >= 15 is 0 Å². The van der Waals surface area contributed by atoms with Crippen molar-refractivity contribution < 1.29 is 66.8 Å². The molecule has 0 aromatic rings. The zero-order valence-electron chi connectivity index (χ0n) is 38.6. The SMILES string of the molecule is C=C(C=O)C[C@@H]1C[C@H](O)[C@]2(C)O[C@@H]3C[C@@H]4O[C@@H]5C[C@]6(C)O[C@]7(C)CC[C@@H]8O[C@@H]9C[C@]%10(C)O[C@@H]%11C(C)=CC(=O)O[C@H]%11C[C@H]%10O[C@H]9C[C@@H](C)[C@H]8O[C@H]7C[C@H]6O[C@@]5(C)C/C=C\[C@H]4O[C@H]3C[C@H]2O1. The molecule has 0 saturated carbocycles. The van der Waals surface area contributed by atoms with Crippen molar-refractivity contribution in [3.05, 3.63) is 36.0 Å². The Bertz CT molecular complexity index is 1940. The van der Waals surface area contributed by atoms with Gasteiger partial charge in [-0.25, -0.2) is 4.79 Å². The van der Waals surface area contributed by atoms with Gasteiger partial charge >= 0.3 is 5.97 Å². The predicted octanol–water partition coefficient (Wildman–Crippen LogP) is 5.47. The van der Waals surface area contributed by atoms with Gasteiger partial charge in [-0.3, -0.25) is 4.79 Å². The molecular weight excluding hydrogens is 825 g/mol. The van der Waals surface area contributed by atoms with Gasteiger partial charge in [0.25, 0.3) is 0 Å². The Morgan fingerprint density at radius 2 is 1.50 bits per heavy atom. The Hall–Kier alpha value is -2.08. The second kappa shape index (κ2) is 15.7. The number of carbonyl (C=O) groups excluding carboxylic acids is 2. The minimum atomic E-state index is -0.911. The number of rotatable bonds is 3. The summed E-state index contributed by atoms with van der Waals surface area (Å²) < 4.78 is 75.6. The van der Waals surface area contributed by atoms with E-state index in [4.69, 9.17) is 52.1 Å². The number of fused-ring (bicyclic) bond motifs is 10. The first-order chi connectivity index (χ1) is 30.4. The molecule has 64 heavy (non-hydrogen) atoms. The number of aliphatic hydroxyl groups excluding tert-OH is 1. The Labute approximate surface area is 377 Å². The molecule has 0 aromatic carbocycles. The van der Waals surface area contributed by atoms with Crippen molar-refractivity contribution in [3.8, 4) is 0 Å². The van der Waals surface area contributed by atoms with Crippen LogP contribution in [0.2, 0.25) is 0 Å². The van der Waals surface area contributed by atoms with E-state index in [0.717, 1.165) is 31.1 Å². The van der Waals surface area contributed by atoms with Crippen molar-refractivity contribution >= 4 is 12.3 Å². The standard InChI is InChI=1S/C50H70O14/c1-25(24-51)14-28-17-37(52)50(8)41(54-28)19-33-34(61-50)18-32-29(55-33)10-9-12-46(4)42(58-32)23-49(7)40(62-46)21-39-47(5,64-49)13-11-30-44(60-39)26(2)15-31-36(56-30)22-48(6)38(57-31)20-35-45(63-48)27(3)16-43(53)59-35/h9-10,16,24,26,28-42,44-45,52H,1,11-15,17-23H2,2-8H3/b10-9-/t26-,28-,29-,30+,31+,32+,33+,34-,35+,36-,37+,38-,39+,40-,41-,42-,44-,45-,46+,47-,48+,49+,50+/m1/s1. The quantitative estimate of drug-likeness (QED) is 0.165. The van der Waals surface area contributed by atoms with Gasteiger partial charge in [-0.05, 0) is 84.3 Å². The fourth-order valence-corrected chi connectivity index (χ4v) is 14.0. The number of carbonyl (C=O) groups is 2. The molecule has 0 radical (unpaired) electrons. The zero-order valence-corrected chi connectivity index (χ0v) is 38.6. The van der Waals surface area contributed by atoms with Gasteiger partial charge in [0.05, 0.1) is 108 Å². The second-order valence-corrected chi connectivity index (χ2v) is 22.7. The maximum Gasteiger partial charge on any atom is 0.331 e. The molecule has 14 nitrogen and oxygen atoms in total. The van der Waals surface area contributed by atoms with Crippen molar-refractivity contribution in [3.63, 3.8) is 0 Å². The van der Waals surface area contributed by atoms with E-state index in [9.17, 15) is 14.7 Å². The third kappa shape index (κ3) is 7.38. The van der Waals surface area contributed by atoms with Crippen LogP contribution >= 0.6 is 0 Å². The fraction of sp³-hybridized carbons (Fsp3) is 0.840. The van der Waals surface area contributed by atoms with Gasteiger partial charge in [-0.1, -0.05) is 25.7 Å². The lowest BCUT2D eigenvalue weighted by molar-refractivity contribution is -0.356. The van der Waals surface area contributed by atoms with Gasteiger partial charge in [0.2, 0.25) is 0 Å². The van der Waals surface area contributed by atoms with Gasteiger partial charge in [0.1, 0.15) is 30.2 Å². The molecule has 1 N–H and O–H groups in total. The van der Waals surface area contributed by atoms with Crippen molar-refractivity contribution in [2.45, 2.75) is 257 Å². The predicted molar refractivity (Wildman–Crippen MR) is 228 cm³/mol. The van der Waals surface area contributed by atoms with Crippen LogP contribution in [-0.2, 0) is 61.7 Å². The lowest BCUT2D eigenvalue weighted by atomic mass is 9.72. The first-order valence-electron chi connectivity index (χ1n) is 24.4. The molecule has 0 bridgehead atoms. The summed E-state index contributed by atoms with van der Waals surface area (Å²) in [6.07, 6.45) is 9.57. The van der Waals surface area contributed by atoms with Crippen molar-refractivity contribution in [1.82, 2.24) is 0 Å². The summed E-state index contributed by atoms with van der Waals surface area (Å²) in [5, 5.41) is 11.4. The van der Waals surface area contributed by atoms with Gasteiger partial charge in [-0.2, -0.15) is 0 Å². The van der Waals surface area contributed by atoms with Crippen LogP contribution < -0.4 is 0 Å². The third-order valence-corrected chi connectivity index (χ3v) is 17.8. The largest absolute Gasteiger partial charge is 0.456 e. The molecule has 11 aliphatic heterocycles. The minimum absolute atomic E-state index is 0.116. The van der Waals surface area contributed by atoms with E-state index in [2.05, 4.69) is 53.3 Å². The molecule has 0 spiro atoms. The van der Waals surface area contributed by atoms with E-state index in [1.165, 1.54) is 0 Å². The fourth-order valence-electron chi connectivity index (χ4n) is 14.0. The molecule has 354 valence electrons. The smallest absolute Gasteiger partial charge is 0.331 e. The van der Waals surface area contributed by atoms with E-state index in [-0.39, 0.29) is 110 Å². The van der Waals surface area contributed by atoms with Crippen molar-refractivity contribution in [2.75, 3.05) is 0 Å². The Balaban J connectivity index is 0.776. The van der Waals surface area contributed by atoms with Gasteiger partial charge in [-0.15, -0.1) is 0 Å². The van der Waals surface area contributed by atoms with E-state index < -0.39 is 34.1 Å². The monoisotopic (exact) mass is 894 g/mol. The number of ether oxygens (including phenoxy) is 11. The second-order valence-electron chi connectivity index (χ2n) is 22.7. The highest BCUT2D eigenvalue weighted by Crippen LogP contribution is 2.55. The van der Waals surface area contributed by atoms with Crippen molar-refractivity contribution in [1.29, 1.82) is 0 Å². The Kier molecular flexibility index (Phi) is 10.9. The van der Waals surface area contributed by atoms with Gasteiger partial charge in [0.15, 0.2) is 0 Å². The molecule has 11 heterocycles. The summed E-state index contributed by atoms with van der Waals surface area (Å²) in [6, 6.07) is 0. The molecule has 0 unspecified atom stereocenters. The highest BCUT2D eigenvalue weighted by atomic mass is 16.7. The zero-order chi connectivity index (χ0) is 44.7. The summed E-state index contributed by atoms with van der Waals surface area (Å²) >= 11 is 0.